The molecule has 0 aromatic heterocycles. The zero-order chi connectivity index (χ0) is 43.7. The highest BCUT2D eigenvalue weighted by Crippen LogP contribution is 2.15. The third kappa shape index (κ3) is 46.2. The molecule has 0 aromatic carbocycles. The Morgan fingerprint density at radius 2 is 0.683 bits per heavy atom. The van der Waals surface area contributed by atoms with E-state index in [-0.39, 0.29) is 37.5 Å². The molecule has 0 aliphatic rings. The van der Waals surface area contributed by atoms with Crippen LogP contribution in [0.1, 0.15) is 245 Å². The summed E-state index contributed by atoms with van der Waals surface area (Å²) in [5.74, 6) is -0.987. The van der Waals surface area contributed by atoms with Crippen LogP contribution < -0.4 is 0 Å². The van der Waals surface area contributed by atoms with E-state index in [9.17, 15) is 14.4 Å². The lowest BCUT2D eigenvalue weighted by Crippen LogP contribution is -2.30. The molecular formula is C54H94O6. The summed E-state index contributed by atoms with van der Waals surface area (Å²) in [7, 11) is 0. The van der Waals surface area contributed by atoms with Crippen LogP contribution in [0.25, 0.3) is 0 Å². The summed E-state index contributed by atoms with van der Waals surface area (Å²) in [6.45, 7) is 6.45. The Labute approximate surface area is 370 Å². The van der Waals surface area contributed by atoms with Crippen molar-refractivity contribution in [3.8, 4) is 0 Å². The van der Waals surface area contributed by atoms with Crippen LogP contribution in [-0.2, 0) is 28.6 Å². The average molecular weight is 839 g/mol. The summed E-state index contributed by atoms with van der Waals surface area (Å²) in [5.41, 5.74) is 0. The standard InChI is InChI=1S/C54H94O6/c1-4-7-10-13-16-19-22-25-27-30-32-35-38-41-44-47-53(56)59-50-51(49-58-52(55)46-43-40-37-34-31-28-24-21-18-15-12-9-6-3)60-54(57)48-45-42-39-36-33-29-26-23-20-17-14-11-8-5-2/h9,12,18,21,23,26,28,31,37,40,51H,4-8,10-11,13-17,19-20,22,24-25,27,29-30,32-36,38-39,41-50H2,1-3H3/b12-9-,21-18-,26-23-,31-28-,40-37-. The fraction of sp³-hybridized carbons (Fsp3) is 0.759. The smallest absolute Gasteiger partial charge is 0.306 e. The van der Waals surface area contributed by atoms with Crippen molar-refractivity contribution in [1.29, 1.82) is 0 Å². The van der Waals surface area contributed by atoms with Gasteiger partial charge in [0.2, 0.25) is 0 Å². The number of hydrogen-bond donors (Lipinski definition) is 0. The lowest BCUT2D eigenvalue weighted by atomic mass is 10.0. The lowest BCUT2D eigenvalue weighted by molar-refractivity contribution is -0.166. The molecule has 0 aromatic rings. The maximum absolute atomic E-state index is 12.8. The van der Waals surface area contributed by atoms with Crippen molar-refractivity contribution in [1.82, 2.24) is 0 Å². The van der Waals surface area contributed by atoms with Gasteiger partial charge in [0.25, 0.3) is 0 Å². The molecule has 346 valence electrons. The molecule has 6 nitrogen and oxygen atoms in total. The van der Waals surface area contributed by atoms with Gasteiger partial charge in [0.15, 0.2) is 6.10 Å². The minimum Gasteiger partial charge on any atom is -0.462 e. The zero-order valence-electron chi connectivity index (χ0n) is 39.5. The monoisotopic (exact) mass is 839 g/mol. The molecule has 0 rings (SSSR count). The van der Waals surface area contributed by atoms with Gasteiger partial charge in [0.05, 0.1) is 0 Å². The highest BCUT2D eigenvalue weighted by molar-refractivity contribution is 5.71. The Hall–Kier alpha value is -2.89. The van der Waals surface area contributed by atoms with Gasteiger partial charge in [0.1, 0.15) is 13.2 Å². The van der Waals surface area contributed by atoms with Gasteiger partial charge in [-0.2, -0.15) is 0 Å². The van der Waals surface area contributed by atoms with E-state index < -0.39 is 6.10 Å². The van der Waals surface area contributed by atoms with Crippen LogP contribution in [0.4, 0.5) is 0 Å². The summed E-state index contributed by atoms with van der Waals surface area (Å²) in [5, 5.41) is 0. The van der Waals surface area contributed by atoms with Crippen molar-refractivity contribution in [2.24, 2.45) is 0 Å². The van der Waals surface area contributed by atoms with Crippen molar-refractivity contribution in [2.75, 3.05) is 13.2 Å². The number of hydrogen-bond acceptors (Lipinski definition) is 6. The summed E-state index contributed by atoms with van der Waals surface area (Å²) >= 11 is 0. The largest absolute Gasteiger partial charge is 0.462 e. The van der Waals surface area contributed by atoms with E-state index in [1.807, 2.05) is 6.08 Å². The minimum atomic E-state index is -0.803. The SMILES string of the molecule is CC/C=C\C/C=C\C/C=C\C/C=C\CCC(=O)OCC(COC(=O)CCCCCCCCCCCCCCCCC)OC(=O)CCCCCCC/C=C\CCCCCCC. The van der Waals surface area contributed by atoms with Crippen molar-refractivity contribution in [3.05, 3.63) is 60.8 Å². The van der Waals surface area contributed by atoms with E-state index in [0.29, 0.717) is 19.3 Å². The normalized spacial score (nSPS) is 12.5. The average Bonchev–Trinajstić information content (AvgIpc) is 3.24. The van der Waals surface area contributed by atoms with Crippen molar-refractivity contribution >= 4 is 17.9 Å². The molecule has 0 saturated carbocycles. The van der Waals surface area contributed by atoms with Crippen LogP contribution in [-0.4, -0.2) is 37.2 Å². The molecule has 60 heavy (non-hydrogen) atoms. The molecule has 0 amide bonds. The van der Waals surface area contributed by atoms with E-state index in [4.69, 9.17) is 14.2 Å². The van der Waals surface area contributed by atoms with Crippen LogP contribution in [0.5, 0.6) is 0 Å². The number of esters is 3. The molecule has 6 heteroatoms. The number of ether oxygens (including phenoxy) is 3. The van der Waals surface area contributed by atoms with E-state index in [0.717, 1.165) is 77.0 Å². The first-order valence-electron chi connectivity index (χ1n) is 25.3. The molecule has 0 spiro atoms. The summed E-state index contributed by atoms with van der Waals surface area (Å²) in [4.78, 5) is 37.9. The van der Waals surface area contributed by atoms with Crippen LogP contribution in [0, 0.1) is 0 Å². The van der Waals surface area contributed by atoms with Gasteiger partial charge >= 0.3 is 17.9 Å². The lowest BCUT2D eigenvalue weighted by Gasteiger charge is -2.18. The molecule has 0 aliphatic carbocycles. The Bertz CT molecular complexity index is 1100. The number of carbonyl (C=O) groups excluding carboxylic acids is 3. The number of allylic oxidation sites excluding steroid dienone is 10. The third-order valence-electron chi connectivity index (χ3n) is 10.8. The van der Waals surface area contributed by atoms with E-state index in [1.165, 1.54) is 122 Å². The van der Waals surface area contributed by atoms with Crippen molar-refractivity contribution in [3.63, 3.8) is 0 Å². The van der Waals surface area contributed by atoms with E-state index in [2.05, 4.69) is 75.5 Å². The minimum absolute atomic E-state index is 0.0975. The van der Waals surface area contributed by atoms with Crippen LogP contribution in [0.3, 0.4) is 0 Å². The second-order valence-corrected chi connectivity index (χ2v) is 16.7. The first-order chi connectivity index (χ1) is 29.5. The van der Waals surface area contributed by atoms with Gasteiger partial charge in [-0.05, 0) is 70.6 Å². The topological polar surface area (TPSA) is 78.9 Å². The van der Waals surface area contributed by atoms with Crippen LogP contribution in [0.2, 0.25) is 0 Å². The molecule has 0 heterocycles. The van der Waals surface area contributed by atoms with Gasteiger partial charge in [-0.25, -0.2) is 0 Å². The van der Waals surface area contributed by atoms with Gasteiger partial charge in [0, 0.05) is 19.3 Å². The number of unbranched alkanes of at least 4 members (excludes halogenated alkanes) is 24. The molecular weight excluding hydrogens is 745 g/mol. The summed E-state index contributed by atoms with van der Waals surface area (Å²) in [6.07, 6.45) is 59.3. The number of carbonyl (C=O) groups is 3. The first-order valence-corrected chi connectivity index (χ1v) is 25.3. The maximum Gasteiger partial charge on any atom is 0.306 e. The molecule has 0 radical (unpaired) electrons. The van der Waals surface area contributed by atoms with Gasteiger partial charge < -0.3 is 14.2 Å². The van der Waals surface area contributed by atoms with Gasteiger partial charge in [-0.3, -0.25) is 14.4 Å². The van der Waals surface area contributed by atoms with Gasteiger partial charge in [-0.15, -0.1) is 0 Å². The Kier molecular flexibility index (Phi) is 46.4. The molecule has 1 unspecified atom stereocenters. The van der Waals surface area contributed by atoms with Crippen LogP contribution in [0.15, 0.2) is 60.8 Å². The quantitative estimate of drug-likeness (QED) is 0.0263. The fourth-order valence-electron chi connectivity index (χ4n) is 6.98. The molecule has 0 aliphatic heterocycles. The van der Waals surface area contributed by atoms with Crippen LogP contribution >= 0.6 is 0 Å². The number of rotatable bonds is 45. The summed E-state index contributed by atoms with van der Waals surface area (Å²) in [6, 6.07) is 0. The van der Waals surface area contributed by atoms with Gasteiger partial charge in [-0.1, -0.05) is 216 Å². The highest BCUT2D eigenvalue weighted by atomic mass is 16.6. The highest BCUT2D eigenvalue weighted by Gasteiger charge is 2.19. The second kappa shape index (κ2) is 48.8. The zero-order valence-corrected chi connectivity index (χ0v) is 39.5. The molecule has 0 fully saturated rings. The predicted octanol–water partition coefficient (Wildman–Crippen LogP) is 16.5. The maximum atomic E-state index is 12.8. The Balaban J connectivity index is 4.45. The first kappa shape index (κ1) is 57.1. The van der Waals surface area contributed by atoms with E-state index in [1.54, 1.807) is 0 Å². The molecule has 0 N–H and O–H groups in total. The molecule has 0 bridgehead atoms. The predicted molar refractivity (Wildman–Crippen MR) is 256 cm³/mol. The van der Waals surface area contributed by atoms with E-state index >= 15 is 0 Å². The third-order valence-corrected chi connectivity index (χ3v) is 10.8. The fourth-order valence-corrected chi connectivity index (χ4v) is 6.98. The Morgan fingerprint density at radius 3 is 1.12 bits per heavy atom. The Morgan fingerprint density at radius 1 is 0.350 bits per heavy atom. The van der Waals surface area contributed by atoms with Crippen molar-refractivity contribution in [2.45, 2.75) is 252 Å². The molecule has 1 atom stereocenters. The second-order valence-electron chi connectivity index (χ2n) is 16.7. The summed E-state index contributed by atoms with van der Waals surface area (Å²) < 4.78 is 16.7. The molecule has 0 saturated heterocycles. The van der Waals surface area contributed by atoms with Crippen molar-refractivity contribution < 1.29 is 28.6 Å².